The van der Waals surface area contributed by atoms with Gasteiger partial charge in [0.15, 0.2) is 0 Å². The van der Waals surface area contributed by atoms with Crippen molar-refractivity contribution >= 4 is 27.6 Å². The van der Waals surface area contributed by atoms with Crippen molar-refractivity contribution in [2.75, 3.05) is 5.32 Å². The molecule has 178 valence electrons. The number of anilines is 1. The molecule has 0 fully saturated rings. The van der Waals surface area contributed by atoms with Crippen LogP contribution in [-0.2, 0) is 7.05 Å². The minimum atomic E-state index is -0.0889. The summed E-state index contributed by atoms with van der Waals surface area (Å²) in [4.78, 5) is 17.8. The fraction of sp³-hybridized carbons (Fsp3) is 0.133. The molecule has 0 amide bonds. The second kappa shape index (κ2) is 10.4. The van der Waals surface area contributed by atoms with Crippen molar-refractivity contribution in [3.63, 3.8) is 0 Å². The molecule has 0 saturated carbocycles. The highest BCUT2D eigenvalue weighted by Crippen LogP contribution is 2.34. The predicted molar refractivity (Wildman–Crippen MR) is 147 cm³/mol. The maximum absolute atomic E-state index is 4.67. The molecule has 1 unspecified atom stereocenters. The van der Waals surface area contributed by atoms with E-state index in [2.05, 4.69) is 85.5 Å². The molecule has 2 aromatic carbocycles. The summed E-state index contributed by atoms with van der Waals surface area (Å²) in [5.41, 5.74) is 8.17. The number of hydrogen-bond acceptors (Lipinski definition) is 5. The molecule has 0 aliphatic rings. The fourth-order valence-corrected chi connectivity index (χ4v) is 4.44. The highest BCUT2D eigenvalue weighted by atomic mass is 14.9. The third kappa shape index (κ3) is 4.53. The normalized spacial score (nSPS) is 11.6. The molecule has 0 spiro atoms. The summed E-state index contributed by atoms with van der Waals surface area (Å²) in [6.45, 7) is 4.00. The van der Waals surface area contributed by atoms with Crippen LogP contribution in [0.3, 0.4) is 0 Å². The smallest absolute Gasteiger partial charge is 0.0966 e. The lowest BCUT2D eigenvalue weighted by atomic mass is 9.99. The van der Waals surface area contributed by atoms with Crippen LogP contribution in [-0.4, -0.2) is 24.5 Å². The first-order valence-corrected chi connectivity index (χ1v) is 12.1. The van der Waals surface area contributed by atoms with Crippen molar-refractivity contribution in [3.05, 3.63) is 115 Å². The lowest BCUT2D eigenvalue weighted by Crippen LogP contribution is -2.13. The van der Waals surface area contributed by atoms with Gasteiger partial charge in [-0.25, -0.2) is 0 Å². The Morgan fingerprint density at radius 3 is 2.42 bits per heavy atom. The average molecular weight is 473 g/mol. The van der Waals surface area contributed by atoms with Crippen LogP contribution in [0.5, 0.6) is 0 Å². The molecule has 1 atom stereocenters. The monoisotopic (exact) mass is 472 g/mol. The van der Waals surface area contributed by atoms with E-state index in [1.54, 1.807) is 18.6 Å². The van der Waals surface area contributed by atoms with E-state index in [9.17, 15) is 0 Å². The Labute approximate surface area is 210 Å². The van der Waals surface area contributed by atoms with Crippen molar-refractivity contribution in [2.45, 2.75) is 19.9 Å². The standard InChI is InChI=1S/C28H22N6.C2H6/c1-34-14-8-19-4-5-21(15-26(19)34)24-16-23(17-25-28(24)32-13-12-31-25)33-27(20-6-10-29-11-7-20)22-3-2-9-30-18-22;1-2/h2-18,27,33H,1H3;1-2H3. The van der Waals surface area contributed by atoms with Gasteiger partial charge in [0.2, 0.25) is 0 Å². The SMILES string of the molecule is CC.Cn1ccc2ccc(-c3cc(NC(c4ccncc4)c4cccnc4)cc4nccnc34)cc21. The molecule has 6 rings (SSSR count). The molecule has 0 aliphatic heterocycles. The molecule has 0 saturated heterocycles. The van der Waals surface area contributed by atoms with E-state index in [0.717, 1.165) is 39.0 Å². The van der Waals surface area contributed by atoms with Crippen molar-refractivity contribution < 1.29 is 0 Å². The number of rotatable bonds is 5. The van der Waals surface area contributed by atoms with Gasteiger partial charge < -0.3 is 9.88 Å². The molecule has 6 heteroatoms. The Morgan fingerprint density at radius 2 is 1.61 bits per heavy atom. The lowest BCUT2D eigenvalue weighted by Gasteiger charge is -2.21. The van der Waals surface area contributed by atoms with Gasteiger partial charge in [0.05, 0.1) is 17.1 Å². The molecule has 1 N–H and O–H groups in total. The zero-order valence-electron chi connectivity index (χ0n) is 20.6. The van der Waals surface area contributed by atoms with Crippen molar-refractivity contribution in [1.29, 1.82) is 0 Å². The minimum Gasteiger partial charge on any atom is -0.374 e. The second-order valence-electron chi connectivity index (χ2n) is 8.29. The van der Waals surface area contributed by atoms with Gasteiger partial charge in [-0.05, 0) is 64.5 Å². The van der Waals surface area contributed by atoms with Gasteiger partial charge in [-0.3, -0.25) is 19.9 Å². The van der Waals surface area contributed by atoms with Gasteiger partial charge >= 0.3 is 0 Å². The number of fused-ring (bicyclic) bond motifs is 2. The number of benzene rings is 2. The Hall–Kier alpha value is -4.58. The molecular weight excluding hydrogens is 444 g/mol. The van der Waals surface area contributed by atoms with Crippen molar-refractivity contribution in [2.24, 2.45) is 7.05 Å². The highest BCUT2D eigenvalue weighted by molar-refractivity contribution is 5.97. The Kier molecular flexibility index (Phi) is 6.67. The Morgan fingerprint density at radius 1 is 0.778 bits per heavy atom. The van der Waals surface area contributed by atoms with Gasteiger partial charge in [0.25, 0.3) is 0 Å². The van der Waals surface area contributed by atoms with E-state index in [-0.39, 0.29) is 6.04 Å². The van der Waals surface area contributed by atoms with Gasteiger partial charge in [-0.15, -0.1) is 0 Å². The second-order valence-corrected chi connectivity index (χ2v) is 8.29. The van der Waals surface area contributed by atoms with Crippen LogP contribution in [0.25, 0.3) is 33.1 Å². The first kappa shape index (κ1) is 23.2. The van der Waals surface area contributed by atoms with E-state index in [4.69, 9.17) is 0 Å². The summed E-state index contributed by atoms with van der Waals surface area (Å²) in [6.07, 6.45) is 12.9. The van der Waals surface area contributed by atoms with Gasteiger partial charge in [-0.2, -0.15) is 0 Å². The third-order valence-corrected chi connectivity index (χ3v) is 6.14. The number of aryl methyl sites for hydroxylation is 1. The van der Waals surface area contributed by atoms with Crippen LogP contribution < -0.4 is 5.32 Å². The molecule has 4 aromatic heterocycles. The van der Waals surface area contributed by atoms with Crippen LogP contribution in [0.2, 0.25) is 0 Å². The predicted octanol–water partition coefficient (Wildman–Crippen LogP) is 6.81. The number of nitrogens with one attached hydrogen (secondary N) is 1. The van der Waals surface area contributed by atoms with E-state index in [1.807, 2.05) is 50.6 Å². The van der Waals surface area contributed by atoms with Crippen molar-refractivity contribution in [1.82, 2.24) is 24.5 Å². The largest absolute Gasteiger partial charge is 0.374 e. The van der Waals surface area contributed by atoms with E-state index >= 15 is 0 Å². The molecule has 36 heavy (non-hydrogen) atoms. The quantitative estimate of drug-likeness (QED) is 0.299. The number of aromatic nitrogens is 5. The van der Waals surface area contributed by atoms with Crippen LogP contribution in [0, 0.1) is 0 Å². The topological polar surface area (TPSA) is 68.5 Å². The molecule has 4 heterocycles. The fourth-order valence-electron chi connectivity index (χ4n) is 4.44. The summed E-state index contributed by atoms with van der Waals surface area (Å²) in [5, 5.41) is 4.93. The first-order chi connectivity index (χ1) is 17.8. The third-order valence-electron chi connectivity index (χ3n) is 6.14. The zero-order valence-corrected chi connectivity index (χ0v) is 20.6. The molecular formula is C30H28N6. The molecule has 6 aromatic rings. The lowest BCUT2D eigenvalue weighted by molar-refractivity contribution is 0.923. The van der Waals surface area contributed by atoms with Gasteiger partial charge in [0, 0.05) is 67.2 Å². The number of nitrogens with zero attached hydrogens (tertiary/aromatic N) is 5. The average Bonchev–Trinajstić information content (AvgIpc) is 3.33. The Bertz CT molecular complexity index is 1550. The van der Waals surface area contributed by atoms with Crippen molar-refractivity contribution in [3.8, 4) is 11.1 Å². The number of pyridine rings is 2. The molecule has 0 aliphatic carbocycles. The van der Waals surface area contributed by atoms with Crippen LogP contribution in [0.15, 0.2) is 104 Å². The summed E-state index contributed by atoms with van der Waals surface area (Å²) < 4.78 is 2.14. The summed E-state index contributed by atoms with van der Waals surface area (Å²) >= 11 is 0. The summed E-state index contributed by atoms with van der Waals surface area (Å²) in [7, 11) is 2.06. The van der Waals surface area contributed by atoms with Gasteiger partial charge in [0.1, 0.15) is 0 Å². The molecule has 0 bridgehead atoms. The van der Waals surface area contributed by atoms with Crippen LogP contribution >= 0.6 is 0 Å². The van der Waals surface area contributed by atoms with Gasteiger partial charge in [-0.1, -0.05) is 32.0 Å². The molecule has 6 nitrogen and oxygen atoms in total. The zero-order chi connectivity index (χ0) is 24.9. The molecule has 0 radical (unpaired) electrons. The highest BCUT2D eigenvalue weighted by Gasteiger charge is 2.17. The first-order valence-electron chi connectivity index (χ1n) is 12.1. The van der Waals surface area contributed by atoms with E-state index < -0.39 is 0 Å². The van der Waals surface area contributed by atoms with Crippen LogP contribution in [0.4, 0.5) is 5.69 Å². The number of hydrogen-bond donors (Lipinski definition) is 1. The Balaban J connectivity index is 0.00000130. The maximum Gasteiger partial charge on any atom is 0.0966 e. The van der Waals surface area contributed by atoms with E-state index in [0.29, 0.717) is 0 Å². The summed E-state index contributed by atoms with van der Waals surface area (Å²) in [5.74, 6) is 0. The van der Waals surface area contributed by atoms with Crippen LogP contribution in [0.1, 0.15) is 31.0 Å². The summed E-state index contributed by atoms with van der Waals surface area (Å²) in [6, 6.07) is 20.8. The van der Waals surface area contributed by atoms with E-state index in [1.165, 1.54) is 10.9 Å². The minimum absolute atomic E-state index is 0.0889. The maximum atomic E-state index is 4.67.